The Kier molecular flexibility index (Phi) is 9.56. The fourth-order valence-corrected chi connectivity index (χ4v) is 4.88. The average Bonchev–Trinajstić information content (AvgIpc) is 3.20. The van der Waals surface area contributed by atoms with E-state index in [4.69, 9.17) is 18.9 Å². The molecule has 1 aromatic rings. The van der Waals surface area contributed by atoms with E-state index < -0.39 is 0 Å². The van der Waals surface area contributed by atoms with Gasteiger partial charge in [-0.25, -0.2) is 0 Å². The van der Waals surface area contributed by atoms with Crippen LogP contribution in [0.3, 0.4) is 0 Å². The Morgan fingerprint density at radius 3 is 2.80 bits per heavy atom. The highest BCUT2D eigenvalue weighted by molar-refractivity contribution is 8.03. The summed E-state index contributed by atoms with van der Waals surface area (Å²) < 4.78 is 22.1. The molecule has 0 amide bonds. The molecular formula is C24H34O5S. The fraction of sp³-hybridized carbons (Fsp3) is 0.625. The van der Waals surface area contributed by atoms with Crippen LogP contribution in [0.15, 0.2) is 33.6 Å². The number of rotatable bonds is 11. The van der Waals surface area contributed by atoms with Crippen molar-refractivity contribution in [3.05, 3.63) is 34.2 Å². The summed E-state index contributed by atoms with van der Waals surface area (Å²) in [5.74, 6) is 0.835. The van der Waals surface area contributed by atoms with Crippen molar-refractivity contribution in [2.75, 3.05) is 26.4 Å². The van der Waals surface area contributed by atoms with Gasteiger partial charge in [-0.15, -0.1) is 0 Å². The molecule has 0 saturated carbocycles. The van der Waals surface area contributed by atoms with Crippen LogP contribution in [-0.2, 0) is 25.4 Å². The number of hydrogen-bond donors (Lipinski definition) is 0. The van der Waals surface area contributed by atoms with E-state index in [-0.39, 0.29) is 12.3 Å². The third-order valence-electron chi connectivity index (χ3n) is 5.46. The topological polar surface area (TPSA) is 54.0 Å². The number of ether oxygens (including phenoxy) is 4. The summed E-state index contributed by atoms with van der Waals surface area (Å²) in [6.07, 6.45) is 7.33. The number of aryl methyl sites for hydroxylation is 1. The summed E-state index contributed by atoms with van der Waals surface area (Å²) in [5, 5.41) is 0. The molecule has 5 nitrogen and oxygen atoms in total. The molecule has 0 aliphatic carbocycles. The quantitative estimate of drug-likeness (QED) is 0.331. The Hall–Kier alpha value is -1.50. The highest BCUT2D eigenvalue weighted by atomic mass is 32.2. The van der Waals surface area contributed by atoms with Gasteiger partial charge >= 0.3 is 5.97 Å². The first-order valence-corrected chi connectivity index (χ1v) is 12.0. The maximum Gasteiger partial charge on any atom is 0.305 e. The molecule has 0 bridgehead atoms. The van der Waals surface area contributed by atoms with Gasteiger partial charge < -0.3 is 18.9 Å². The van der Waals surface area contributed by atoms with Gasteiger partial charge in [0.25, 0.3) is 0 Å². The van der Waals surface area contributed by atoms with Gasteiger partial charge in [0.05, 0.1) is 26.4 Å². The second-order valence-corrected chi connectivity index (χ2v) is 8.96. The fourth-order valence-electron chi connectivity index (χ4n) is 3.78. The first-order chi connectivity index (χ1) is 14.7. The van der Waals surface area contributed by atoms with E-state index in [2.05, 4.69) is 25.1 Å². The van der Waals surface area contributed by atoms with Crippen LogP contribution in [-0.4, -0.2) is 38.7 Å². The average molecular weight is 435 g/mol. The molecule has 30 heavy (non-hydrogen) atoms. The van der Waals surface area contributed by atoms with Crippen LogP contribution in [0.4, 0.5) is 0 Å². The van der Waals surface area contributed by atoms with Crippen molar-refractivity contribution >= 4 is 17.7 Å². The van der Waals surface area contributed by atoms with E-state index >= 15 is 0 Å². The van der Waals surface area contributed by atoms with Crippen LogP contribution in [0.1, 0.15) is 64.4 Å². The van der Waals surface area contributed by atoms with Crippen molar-refractivity contribution in [1.29, 1.82) is 0 Å². The lowest BCUT2D eigenvalue weighted by atomic mass is 10.0. The van der Waals surface area contributed by atoms with Gasteiger partial charge in [0, 0.05) is 17.7 Å². The summed E-state index contributed by atoms with van der Waals surface area (Å²) >= 11 is 1.87. The normalized spacial score (nSPS) is 17.0. The second-order valence-electron chi connectivity index (χ2n) is 7.71. The Morgan fingerprint density at radius 1 is 1.17 bits per heavy atom. The van der Waals surface area contributed by atoms with Gasteiger partial charge in [0.15, 0.2) is 6.29 Å². The molecular weight excluding hydrogens is 400 g/mol. The SMILES string of the molecule is CCOC(=O)CCCCCOc1ccc2c(c1)CCC(CCC1OCCO1)=C(C)S2. The van der Waals surface area contributed by atoms with Crippen LogP contribution >= 0.6 is 11.8 Å². The lowest BCUT2D eigenvalue weighted by Gasteiger charge is -2.12. The first kappa shape index (κ1) is 23.2. The summed E-state index contributed by atoms with van der Waals surface area (Å²) in [4.78, 5) is 14.1. The third-order valence-corrected chi connectivity index (χ3v) is 6.67. The Bertz CT molecular complexity index is 724. The van der Waals surface area contributed by atoms with Crippen molar-refractivity contribution in [3.8, 4) is 5.75 Å². The van der Waals surface area contributed by atoms with Crippen molar-refractivity contribution < 1.29 is 23.7 Å². The Labute approximate surface area is 184 Å². The molecule has 6 heteroatoms. The predicted molar refractivity (Wildman–Crippen MR) is 119 cm³/mol. The second kappa shape index (κ2) is 12.4. The van der Waals surface area contributed by atoms with Crippen LogP contribution in [0, 0.1) is 0 Å². The van der Waals surface area contributed by atoms with E-state index in [0.29, 0.717) is 19.6 Å². The van der Waals surface area contributed by atoms with Gasteiger partial charge in [-0.05, 0) is 81.0 Å². The number of thioether (sulfide) groups is 1. The smallest absolute Gasteiger partial charge is 0.305 e. The molecule has 1 saturated heterocycles. The van der Waals surface area contributed by atoms with E-state index in [1.807, 2.05) is 18.7 Å². The number of carbonyl (C=O) groups excluding carboxylic acids is 1. The maximum absolute atomic E-state index is 11.3. The van der Waals surface area contributed by atoms with E-state index in [9.17, 15) is 4.79 Å². The van der Waals surface area contributed by atoms with E-state index in [0.717, 1.165) is 63.9 Å². The molecule has 0 aromatic heterocycles. The van der Waals surface area contributed by atoms with Crippen LogP contribution in [0.2, 0.25) is 0 Å². The zero-order valence-electron chi connectivity index (χ0n) is 18.2. The summed E-state index contributed by atoms with van der Waals surface area (Å²) in [5.41, 5.74) is 2.88. The van der Waals surface area contributed by atoms with Crippen molar-refractivity contribution in [3.63, 3.8) is 0 Å². The van der Waals surface area contributed by atoms with Gasteiger partial charge in [-0.3, -0.25) is 4.79 Å². The summed E-state index contributed by atoms with van der Waals surface area (Å²) in [7, 11) is 0. The highest BCUT2D eigenvalue weighted by Crippen LogP contribution is 2.39. The molecule has 0 spiro atoms. The highest BCUT2D eigenvalue weighted by Gasteiger charge is 2.19. The number of unbranched alkanes of at least 4 members (excludes halogenated alkanes) is 2. The molecule has 2 aliphatic heterocycles. The van der Waals surface area contributed by atoms with Gasteiger partial charge in [0.2, 0.25) is 0 Å². The van der Waals surface area contributed by atoms with Crippen molar-refractivity contribution in [1.82, 2.24) is 0 Å². The van der Waals surface area contributed by atoms with Gasteiger partial charge in [-0.1, -0.05) is 17.3 Å². The van der Waals surface area contributed by atoms with E-state index in [1.165, 1.54) is 20.9 Å². The Balaban J connectivity index is 1.41. The summed E-state index contributed by atoms with van der Waals surface area (Å²) in [6.45, 7) is 6.64. The predicted octanol–water partition coefficient (Wildman–Crippen LogP) is 5.65. The molecule has 1 fully saturated rings. The van der Waals surface area contributed by atoms with Crippen LogP contribution in [0.5, 0.6) is 5.75 Å². The lowest BCUT2D eigenvalue weighted by molar-refractivity contribution is -0.143. The number of allylic oxidation sites excluding steroid dienone is 2. The minimum Gasteiger partial charge on any atom is -0.494 e. The number of benzene rings is 1. The minimum absolute atomic E-state index is 0.0294. The molecule has 0 unspecified atom stereocenters. The monoisotopic (exact) mass is 434 g/mol. The number of fused-ring (bicyclic) bond motifs is 1. The largest absolute Gasteiger partial charge is 0.494 e. The maximum atomic E-state index is 11.3. The zero-order valence-corrected chi connectivity index (χ0v) is 19.1. The zero-order chi connectivity index (χ0) is 21.2. The summed E-state index contributed by atoms with van der Waals surface area (Å²) in [6, 6.07) is 6.45. The van der Waals surface area contributed by atoms with Crippen molar-refractivity contribution in [2.24, 2.45) is 0 Å². The molecule has 166 valence electrons. The van der Waals surface area contributed by atoms with Crippen LogP contribution in [0.25, 0.3) is 0 Å². The number of carbonyl (C=O) groups is 1. The molecule has 2 heterocycles. The molecule has 0 radical (unpaired) electrons. The third kappa shape index (κ3) is 7.33. The standard InChI is InChI=1S/C24H34O5S/c1-3-26-23(25)7-5-4-6-14-27-21-11-12-22-20(17-21)9-8-19(18(2)30-22)10-13-24-28-15-16-29-24/h11-12,17,24H,3-10,13-16H2,1-2H3. The number of hydrogen-bond acceptors (Lipinski definition) is 6. The molecule has 3 rings (SSSR count). The minimum atomic E-state index is -0.103. The first-order valence-electron chi connectivity index (χ1n) is 11.2. The van der Waals surface area contributed by atoms with Crippen LogP contribution < -0.4 is 4.74 Å². The molecule has 1 aromatic carbocycles. The molecule has 0 N–H and O–H groups in total. The Morgan fingerprint density at radius 2 is 2.00 bits per heavy atom. The van der Waals surface area contributed by atoms with Gasteiger partial charge in [-0.2, -0.15) is 0 Å². The van der Waals surface area contributed by atoms with Gasteiger partial charge in [0.1, 0.15) is 5.75 Å². The lowest BCUT2D eigenvalue weighted by Crippen LogP contribution is -2.07. The number of esters is 1. The molecule has 0 atom stereocenters. The molecule has 2 aliphatic rings. The van der Waals surface area contributed by atoms with Crippen molar-refractivity contribution in [2.45, 2.75) is 76.4 Å². The van der Waals surface area contributed by atoms with E-state index in [1.54, 1.807) is 0 Å².